The van der Waals surface area contributed by atoms with E-state index in [1.165, 1.54) is 28.2 Å². The van der Waals surface area contributed by atoms with E-state index in [0.717, 1.165) is 16.9 Å². The van der Waals surface area contributed by atoms with Crippen molar-refractivity contribution in [1.29, 1.82) is 0 Å². The molecule has 0 aliphatic heterocycles. The van der Waals surface area contributed by atoms with Gasteiger partial charge in [0, 0.05) is 16.2 Å². The van der Waals surface area contributed by atoms with Gasteiger partial charge in [-0.2, -0.15) is 0 Å². The van der Waals surface area contributed by atoms with E-state index in [-0.39, 0.29) is 12.4 Å². The maximum absolute atomic E-state index is 13.3. The lowest BCUT2D eigenvalue weighted by Gasteiger charge is -2.08. The van der Waals surface area contributed by atoms with E-state index in [9.17, 15) is 4.39 Å². The highest BCUT2D eigenvalue weighted by Gasteiger charge is 2.05. The van der Waals surface area contributed by atoms with Crippen LogP contribution in [0.1, 0.15) is 22.3 Å². The summed E-state index contributed by atoms with van der Waals surface area (Å²) in [5.74, 6) is 6.24. The van der Waals surface area contributed by atoms with Crippen LogP contribution in [0.25, 0.3) is 0 Å². The summed E-state index contributed by atoms with van der Waals surface area (Å²) in [5, 5.41) is 0. The van der Waals surface area contributed by atoms with Crippen molar-refractivity contribution in [3.63, 3.8) is 0 Å². The number of benzene rings is 2. The maximum Gasteiger partial charge on any atom is 0.124 e. The van der Waals surface area contributed by atoms with Gasteiger partial charge < -0.3 is 5.73 Å². The van der Waals surface area contributed by atoms with Crippen molar-refractivity contribution in [2.75, 3.05) is 6.54 Å². The van der Waals surface area contributed by atoms with Crippen molar-refractivity contribution in [2.24, 2.45) is 5.73 Å². The van der Waals surface area contributed by atoms with Crippen LogP contribution in [0.15, 0.2) is 41.3 Å². The molecule has 0 amide bonds. The highest BCUT2D eigenvalue weighted by molar-refractivity contribution is 7.98. The van der Waals surface area contributed by atoms with Crippen molar-refractivity contribution in [2.45, 2.75) is 24.5 Å². The smallest absolute Gasteiger partial charge is 0.124 e. The van der Waals surface area contributed by atoms with Gasteiger partial charge >= 0.3 is 0 Å². The monoisotopic (exact) mass is 299 g/mol. The lowest BCUT2D eigenvalue weighted by atomic mass is 10.1. The number of hydrogen-bond donors (Lipinski definition) is 1. The van der Waals surface area contributed by atoms with Gasteiger partial charge in [0.25, 0.3) is 0 Å². The molecule has 0 aromatic heterocycles. The minimum absolute atomic E-state index is 0.267. The summed E-state index contributed by atoms with van der Waals surface area (Å²) in [7, 11) is 0. The van der Waals surface area contributed by atoms with E-state index in [4.69, 9.17) is 5.73 Å². The summed E-state index contributed by atoms with van der Waals surface area (Å²) in [4.78, 5) is 1.25. The van der Waals surface area contributed by atoms with E-state index in [1.807, 2.05) is 0 Å². The van der Waals surface area contributed by atoms with Crippen LogP contribution < -0.4 is 5.73 Å². The van der Waals surface area contributed by atoms with Gasteiger partial charge in [0.05, 0.1) is 6.54 Å². The SMILES string of the molecule is Cc1ccc(C)c(SCc2ccc(F)cc2C#CCN)c1. The maximum atomic E-state index is 13.3. The van der Waals surface area contributed by atoms with Crippen LogP contribution in [-0.4, -0.2) is 6.54 Å². The predicted octanol–water partition coefficient (Wildman–Crippen LogP) is 4.05. The Bertz CT molecular complexity index is 698. The summed E-state index contributed by atoms with van der Waals surface area (Å²) in [5.41, 5.74) is 9.64. The van der Waals surface area contributed by atoms with Crippen molar-refractivity contribution < 1.29 is 4.39 Å². The molecular weight excluding hydrogens is 281 g/mol. The van der Waals surface area contributed by atoms with E-state index < -0.39 is 0 Å². The molecule has 0 radical (unpaired) electrons. The van der Waals surface area contributed by atoms with Crippen molar-refractivity contribution in [1.82, 2.24) is 0 Å². The topological polar surface area (TPSA) is 26.0 Å². The fourth-order valence-electron chi connectivity index (χ4n) is 1.96. The Morgan fingerprint density at radius 1 is 1.14 bits per heavy atom. The van der Waals surface area contributed by atoms with Crippen LogP contribution in [0.2, 0.25) is 0 Å². The minimum atomic E-state index is -0.267. The molecule has 2 N–H and O–H groups in total. The highest BCUT2D eigenvalue weighted by Crippen LogP contribution is 2.28. The lowest BCUT2D eigenvalue weighted by Crippen LogP contribution is -1.95. The molecule has 2 rings (SSSR count). The first-order chi connectivity index (χ1) is 10.1. The first kappa shape index (κ1) is 15.6. The van der Waals surface area contributed by atoms with E-state index in [2.05, 4.69) is 43.9 Å². The number of rotatable bonds is 3. The molecule has 108 valence electrons. The Hall–Kier alpha value is -1.76. The first-order valence-corrected chi connectivity index (χ1v) is 7.76. The molecule has 0 bridgehead atoms. The quantitative estimate of drug-likeness (QED) is 0.683. The molecule has 0 fully saturated rings. The Kier molecular flexibility index (Phi) is 5.44. The number of nitrogens with two attached hydrogens (primary N) is 1. The van der Waals surface area contributed by atoms with Gasteiger partial charge in [-0.1, -0.05) is 35.6 Å². The first-order valence-electron chi connectivity index (χ1n) is 6.77. The van der Waals surface area contributed by atoms with E-state index in [0.29, 0.717) is 0 Å². The highest BCUT2D eigenvalue weighted by atomic mass is 32.2. The van der Waals surface area contributed by atoms with Crippen molar-refractivity contribution in [3.05, 3.63) is 64.5 Å². The molecule has 21 heavy (non-hydrogen) atoms. The number of thioether (sulfide) groups is 1. The van der Waals surface area contributed by atoms with Crippen molar-refractivity contribution >= 4 is 11.8 Å². The molecule has 0 atom stereocenters. The predicted molar refractivity (Wildman–Crippen MR) is 87.8 cm³/mol. The van der Waals surface area contributed by atoms with Gasteiger partial charge in [-0.3, -0.25) is 0 Å². The molecule has 2 aromatic carbocycles. The summed E-state index contributed by atoms with van der Waals surface area (Å²) < 4.78 is 13.3. The molecule has 0 heterocycles. The zero-order valence-electron chi connectivity index (χ0n) is 12.2. The van der Waals surface area contributed by atoms with E-state index >= 15 is 0 Å². The third-order valence-electron chi connectivity index (χ3n) is 3.12. The molecule has 0 saturated heterocycles. The van der Waals surface area contributed by atoms with Crippen molar-refractivity contribution in [3.8, 4) is 11.8 Å². The van der Waals surface area contributed by atoms with Crippen LogP contribution in [0.3, 0.4) is 0 Å². The van der Waals surface area contributed by atoms with Crippen LogP contribution >= 0.6 is 11.8 Å². The standard InChI is InChI=1S/C18H18FNS/c1-13-5-6-14(2)18(10-13)21-12-16-7-8-17(19)11-15(16)4-3-9-20/h5-8,10-11H,9,12,20H2,1-2H3. The van der Waals surface area contributed by atoms with Gasteiger partial charge in [-0.05, 0) is 43.2 Å². The molecule has 0 unspecified atom stereocenters. The lowest BCUT2D eigenvalue weighted by molar-refractivity contribution is 0.627. The summed E-state index contributed by atoms with van der Waals surface area (Å²) in [6.45, 7) is 4.46. The second-order valence-electron chi connectivity index (χ2n) is 4.86. The second-order valence-corrected chi connectivity index (χ2v) is 5.88. The average molecular weight is 299 g/mol. The summed E-state index contributed by atoms with van der Waals surface area (Å²) >= 11 is 1.75. The van der Waals surface area contributed by atoms with E-state index in [1.54, 1.807) is 17.8 Å². The van der Waals surface area contributed by atoms with Gasteiger partial charge in [0.1, 0.15) is 5.82 Å². The molecule has 0 spiro atoms. The number of aryl methyl sites for hydroxylation is 2. The minimum Gasteiger partial charge on any atom is -0.320 e. The van der Waals surface area contributed by atoms with Crippen LogP contribution in [0.4, 0.5) is 4.39 Å². The fraction of sp³-hybridized carbons (Fsp3) is 0.222. The van der Waals surface area contributed by atoms with Gasteiger partial charge in [0.15, 0.2) is 0 Å². The third kappa shape index (κ3) is 4.35. The van der Waals surface area contributed by atoms with Gasteiger partial charge in [0.2, 0.25) is 0 Å². The second kappa shape index (κ2) is 7.31. The molecular formula is C18H18FNS. The fourth-order valence-corrected chi connectivity index (χ4v) is 3.08. The Morgan fingerprint density at radius 3 is 2.71 bits per heavy atom. The summed E-state index contributed by atoms with van der Waals surface area (Å²) in [6, 6.07) is 11.2. The molecule has 0 aliphatic rings. The third-order valence-corrected chi connectivity index (χ3v) is 4.33. The zero-order valence-corrected chi connectivity index (χ0v) is 13.1. The largest absolute Gasteiger partial charge is 0.320 e. The normalized spacial score (nSPS) is 10.1. The summed E-state index contributed by atoms with van der Waals surface area (Å²) in [6.07, 6.45) is 0. The number of halogens is 1. The van der Waals surface area contributed by atoms with Crippen LogP contribution in [0.5, 0.6) is 0 Å². The Morgan fingerprint density at radius 2 is 1.95 bits per heavy atom. The average Bonchev–Trinajstić information content (AvgIpc) is 2.47. The molecule has 2 aromatic rings. The molecule has 0 aliphatic carbocycles. The van der Waals surface area contributed by atoms with Gasteiger partial charge in [-0.15, -0.1) is 11.8 Å². The molecule has 0 saturated carbocycles. The Labute approximate surface area is 129 Å². The number of hydrogen-bond acceptors (Lipinski definition) is 2. The molecule has 3 heteroatoms. The zero-order chi connectivity index (χ0) is 15.2. The van der Waals surface area contributed by atoms with Gasteiger partial charge in [-0.25, -0.2) is 4.39 Å². The molecule has 1 nitrogen and oxygen atoms in total. The van der Waals surface area contributed by atoms with Crippen LogP contribution in [0, 0.1) is 31.5 Å². The van der Waals surface area contributed by atoms with Crippen LogP contribution in [-0.2, 0) is 5.75 Å². The Balaban J connectivity index is 2.21.